The summed E-state index contributed by atoms with van der Waals surface area (Å²) in [7, 11) is 1.78. The van der Waals surface area contributed by atoms with E-state index in [-0.39, 0.29) is 23.6 Å². The number of ether oxygens (including phenoxy) is 1. The summed E-state index contributed by atoms with van der Waals surface area (Å²) in [4.78, 5) is 24.2. The standard InChI is InChI=1S/C14H18N4O3/c1-5-21-14(20)12-13(19)11(9(2)3)8-18(16-12)10-6-15-17(4)7-10/h6-9H,5H2,1-4H3. The molecule has 21 heavy (non-hydrogen) atoms. The highest BCUT2D eigenvalue weighted by Crippen LogP contribution is 2.12. The first kappa shape index (κ1) is 15.0. The highest BCUT2D eigenvalue weighted by Gasteiger charge is 2.20. The molecule has 2 heterocycles. The molecule has 0 aliphatic carbocycles. The highest BCUT2D eigenvalue weighted by atomic mass is 16.5. The van der Waals surface area contributed by atoms with Crippen LogP contribution in [0.2, 0.25) is 0 Å². The molecule has 2 rings (SSSR count). The summed E-state index contributed by atoms with van der Waals surface area (Å²) < 4.78 is 8.01. The Bertz CT molecular complexity index is 715. The van der Waals surface area contributed by atoms with Crippen LogP contribution in [0.4, 0.5) is 0 Å². The van der Waals surface area contributed by atoms with Gasteiger partial charge >= 0.3 is 5.97 Å². The predicted molar refractivity (Wildman–Crippen MR) is 76.6 cm³/mol. The first-order valence-electron chi connectivity index (χ1n) is 6.74. The lowest BCUT2D eigenvalue weighted by atomic mass is 10.0. The number of carbonyl (C=O) groups is 1. The van der Waals surface area contributed by atoms with Crippen molar-refractivity contribution in [2.24, 2.45) is 7.05 Å². The van der Waals surface area contributed by atoms with Crippen molar-refractivity contribution in [2.45, 2.75) is 26.7 Å². The number of rotatable bonds is 4. The van der Waals surface area contributed by atoms with Crippen molar-refractivity contribution in [1.29, 1.82) is 0 Å². The summed E-state index contributed by atoms with van der Waals surface area (Å²) >= 11 is 0. The van der Waals surface area contributed by atoms with Gasteiger partial charge in [-0.1, -0.05) is 13.8 Å². The number of aromatic nitrogens is 4. The maximum Gasteiger partial charge on any atom is 0.362 e. The minimum Gasteiger partial charge on any atom is -0.461 e. The third-order valence-corrected chi connectivity index (χ3v) is 2.99. The summed E-state index contributed by atoms with van der Waals surface area (Å²) in [6.45, 7) is 5.65. The van der Waals surface area contributed by atoms with Crippen molar-refractivity contribution in [3.8, 4) is 5.69 Å². The van der Waals surface area contributed by atoms with Crippen molar-refractivity contribution in [2.75, 3.05) is 6.61 Å². The van der Waals surface area contributed by atoms with Gasteiger partial charge in [-0.15, -0.1) is 0 Å². The van der Waals surface area contributed by atoms with E-state index < -0.39 is 5.97 Å². The van der Waals surface area contributed by atoms with Crippen molar-refractivity contribution in [1.82, 2.24) is 19.6 Å². The fraction of sp³-hybridized carbons (Fsp3) is 0.429. The van der Waals surface area contributed by atoms with Crippen molar-refractivity contribution >= 4 is 5.97 Å². The fourth-order valence-electron chi connectivity index (χ4n) is 1.91. The van der Waals surface area contributed by atoms with Gasteiger partial charge in [0.05, 0.1) is 19.0 Å². The van der Waals surface area contributed by atoms with Gasteiger partial charge in [0.15, 0.2) is 0 Å². The minimum atomic E-state index is -0.706. The van der Waals surface area contributed by atoms with E-state index in [2.05, 4.69) is 10.2 Å². The van der Waals surface area contributed by atoms with E-state index >= 15 is 0 Å². The van der Waals surface area contributed by atoms with Gasteiger partial charge in [-0.3, -0.25) is 9.48 Å². The molecule has 2 aromatic rings. The normalized spacial score (nSPS) is 10.9. The zero-order valence-electron chi connectivity index (χ0n) is 12.5. The van der Waals surface area contributed by atoms with Gasteiger partial charge in [0.1, 0.15) is 5.69 Å². The van der Waals surface area contributed by atoms with Gasteiger partial charge < -0.3 is 4.74 Å². The lowest BCUT2D eigenvalue weighted by molar-refractivity contribution is 0.0515. The molecular weight excluding hydrogens is 272 g/mol. The lowest BCUT2D eigenvalue weighted by Crippen LogP contribution is -2.26. The largest absolute Gasteiger partial charge is 0.461 e. The molecular formula is C14H18N4O3. The van der Waals surface area contributed by atoms with E-state index in [1.54, 1.807) is 37.2 Å². The first-order valence-corrected chi connectivity index (χ1v) is 6.74. The van der Waals surface area contributed by atoms with E-state index in [1.807, 2.05) is 13.8 Å². The van der Waals surface area contributed by atoms with E-state index in [0.717, 1.165) is 0 Å². The number of hydrogen-bond acceptors (Lipinski definition) is 5. The van der Waals surface area contributed by atoms with Crippen LogP contribution in [0.3, 0.4) is 0 Å². The summed E-state index contributed by atoms with van der Waals surface area (Å²) in [5.41, 5.74) is 0.595. The second-order valence-corrected chi connectivity index (χ2v) is 4.95. The Labute approximate surface area is 122 Å². The molecule has 0 aliphatic rings. The molecule has 7 nitrogen and oxygen atoms in total. The Morgan fingerprint density at radius 1 is 1.38 bits per heavy atom. The average Bonchev–Trinajstić information content (AvgIpc) is 2.85. The van der Waals surface area contributed by atoms with Gasteiger partial charge in [0.25, 0.3) is 0 Å². The van der Waals surface area contributed by atoms with Crippen LogP contribution in [0, 0.1) is 0 Å². The van der Waals surface area contributed by atoms with Gasteiger partial charge in [-0.25, -0.2) is 9.48 Å². The molecule has 0 saturated carbocycles. The van der Waals surface area contributed by atoms with Crippen molar-refractivity contribution < 1.29 is 9.53 Å². The number of hydrogen-bond donors (Lipinski definition) is 0. The maximum absolute atomic E-state index is 12.3. The number of carbonyl (C=O) groups excluding carboxylic acids is 1. The number of esters is 1. The molecule has 0 radical (unpaired) electrons. The molecule has 0 N–H and O–H groups in total. The van der Waals surface area contributed by atoms with Crippen molar-refractivity contribution in [3.63, 3.8) is 0 Å². The molecule has 7 heteroatoms. The van der Waals surface area contributed by atoms with Crippen LogP contribution in [0.15, 0.2) is 23.4 Å². The van der Waals surface area contributed by atoms with Gasteiger partial charge in [0, 0.05) is 18.8 Å². The van der Waals surface area contributed by atoms with E-state index in [1.165, 1.54) is 4.68 Å². The molecule has 0 bridgehead atoms. The van der Waals surface area contributed by atoms with Crippen LogP contribution in [0.5, 0.6) is 0 Å². The van der Waals surface area contributed by atoms with Crippen LogP contribution in [-0.4, -0.2) is 32.1 Å². The molecule has 0 saturated heterocycles. The Kier molecular flexibility index (Phi) is 4.21. The Morgan fingerprint density at radius 2 is 2.10 bits per heavy atom. The fourth-order valence-corrected chi connectivity index (χ4v) is 1.91. The van der Waals surface area contributed by atoms with E-state index in [0.29, 0.717) is 11.3 Å². The maximum atomic E-state index is 12.3. The monoisotopic (exact) mass is 290 g/mol. The van der Waals surface area contributed by atoms with Crippen molar-refractivity contribution in [3.05, 3.63) is 40.1 Å². The molecule has 0 aliphatic heterocycles. The molecule has 0 aromatic carbocycles. The minimum absolute atomic E-state index is 0.0309. The second-order valence-electron chi connectivity index (χ2n) is 4.95. The predicted octanol–water partition coefficient (Wildman–Crippen LogP) is 1.27. The van der Waals surface area contributed by atoms with Gasteiger partial charge in [0.2, 0.25) is 11.1 Å². The van der Waals surface area contributed by atoms with Crippen LogP contribution in [0.25, 0.3) is 5.69 Å². The third kappa shape index (κ3) is 3.01. The quantitative estimate of drug-likeness (QED) is 0.792. The lowest BCUT2D eigenvalue weighted by Gasteiger charge is -2.10. The number of nitrogens with zero attached hydrogens (tertiary/aromatic N) is 4. The van der Waals surface area contributed by atoms with Gasteiger partial charge in [-0.2, -0.15) is 10.2 Å². The summed E-state index contributed by atoms with van der Waals surface area (Å²) in [6, 6.07) is 0. The summed E-state index contributed by atoms with van der Waals surface area (Å²) in [6.07, 6.45) is 4.99. The van der Waals surface area contributed by atoms with E-state index in [4.69, 9.17) is 4.74 Å². The first-order chi connectivity index (χ1) is 9.93. The molecule has 0 atom stereocenters. The topological polar surface area (TPSA) is 79.0 Å². The third-order valence-electron chi connectivity index (χ3n) is 2.99. The average molecular weight is 290 g/mol. The zero-order valence-corrected chi connectivity index (χ0v) is 12.5. The summed E-state index contributed by atoms with van der Waals surface area (Å²) in [5, 5.41) is 8.16. The van der Waals surface area contributed by atoms with Crippen LogP contribution >= 0.6 is 0 Å². The SMILES string of the molecule is CCOC(=O)c1nn(-c2cnn(C)c2)cc(C(C)C)c1=O. The van der Waals surface area contributed by atoms with Gasteiger partial charge in [-0.05, 0) is 12.8 Å². The molecule has 0 fully saturated rings. The highest BCUT2D eigenvalue weighted by molar-refractivity contribution is 5.87. The molecule has 112 valence electrons. The van der Waals surface area contributed by atoms with Crippen LogP contribution < -0.4 is 5.43 Å². The molecule has 0 unspecified atom stereocenters. The smallest absolute Gasteiger partial charge is 0.362 e. The van der Waals surface area contributed by atoms with Crippen LogP contribution in [0.1, 0.15) is 42.7 Å². The molecule has 2 aromatic heterocycles. The Morgan fingerprint density at radius 3 is 2.62 bits per heavy atom. The Hall–Kier alpha value is -2.44. The van der Waals surface area contributed by atoms with E-state index in [9.17, 15) is 9.59 Å². The Balaban J connectivity index is 2.62. The zero-order chi connectivity index (χ0) is 15.6. The summed E-state index contributed by atoms with van der Waals surface area (Å²) in [5.74, 6) is -0.737. The second kappa shape index (κ2) is 5.90. The van der Waals surface area contributed by atoms with Crippen LogP contribution in [-0.2, 0) is 11.8 Å². The number of aryl methyl sites for hydroxylation is 1. The molecule has 0 amide bonds. The molecule has 0 spiro atoms.